The summed E-state index contributed by atoms with van der Waals surface area (Å²) >= 11 is 9.20. The zero-order valence-electron chi connectivity index (χ0n) is 10.2. The lowest BCUT2D eigenvalue weighted by Crippen LogP contribution is -2.15. The molecule has 0 spiro atoms. The van der Waals surface area contributed by atoms with Crippen LogP contribution in [-0.4, -0.2) is 13.2 Å². The molecule has 0 aliphatic carbocycles. The predicted octanol–water partition coefficient (Wildman–Crippen LogP) is 4.33. The first kappa shape index (κ1) is 16.2. The Labute approximate surface area is 120 Å². The molecule has 0 aromatic heterocycles. The molecule has 1 rings (SSSR count). The summed E-state index contributed by atoms with van der Waals surface area (Å²) in [6, 6.07) is 5.11. The maximum atomic E-state index is 12.5. The summed E-state index contributed by atoms with van der Waals surface area (Å²) in [6.45, 7) is 4.05. The minimum Gasteiger partial charge on any atom is -0.314 e. The fourth-order valence-corrected chi connectivity index (χ4v) is 3.59. The summed E-state index contributed by atoms with van der Waals surface area (Å²) in [5, 5.41) is 0.564. The molecule has 0 unspecified atom stereocenters. The number of halogens is 2. The van der Waals surface area contributed by atoms with Gasteiger partial charge >= 0.3 is 7.60 Å². The summed E-state index contributed by atoms with van der Waals surface area (Å²) in [7, 11) is -3.35. The largest absolute Gasteiger partial charge is 0.351 e. The molecule has 0 radical (unpaired) electrons. The lowest BCUT2D eigenvalue weighted by molar-refractivity contribution is 0.212. The molecule has 2 N–H and O–H groups in total. The van der Waals surface area contributed by atoms with Gasteiger partial charge in [-0.15, -0.1) is 0 Å². The minimum atomic E-state index is -3.35. The van der Waals surface area contributed by atoms with E-state index < -0.39 is 13.4 Å². The van der Waals surface area contributed by atoms with Crippen LogP contribution in [0, 0.1) is 0 Å². The van der Waals surface area contributed by atoms with Crippen LogP contribution in [0.25, 0.3) is 0 Å². The molecule has 102 valence electrons. The lowest BCUT2D eigenvalue weighted by Gasteiger charge is -2.23. The van der Waals surface area contributed by atoms with Gasteiger partial charge in [-0.2, -0.15) is 0 Å². The molecular weight excluding hydrogens is 340 g/mol. The van der Waals surface area contributed by atoms with Crippen molar-refractivity contribution in [2.45, 2.75) is 19.6 Å². The van der Waals surface area contributed by atoms with E-state index in [9.17, 15) is 4.57 Å². The van der Waals surface area contributed by atoms with Gasteiger partial charge in [-0.3, -0.25) is 4.57 Å². The van der Waals surface area contributed by atoms with Crippen LogP contribution in [0.5, 0.6) is 0 Å². The maximum absolute atomic E-state index is 12.5. The summed E-state index contributed by atoms with van der Waals surface area (Å²) in [5.41, 5.74) is 6.64. The van der Waals surface area contributed by atoms with E-state index in [1.807, 2.05) is 0 Å². The van der Waals surface area contributed by atoms with Gasteiger partial charge in [-0.25, -0.2) is 0 Å². The van der Waals surface area contributed by atoms with E-state index in [4.69, 9.17) is 26.4 Å². The Balaban J connectivity index is 3.05. The Morgan fingerprint density at radius 1 is 1.39 bits per heavy atom. The van der Waals surface area contributed by atoms with E-state index in [2.05, 4.69) is 15.9 Å². The number of nitrogens with two attached hydrogens (primary N) is 1. The van der Waals surface area contributed by atoms with E-state index in [0.29, 0.717) is 15.1 Å². The highest BCUT2D eigenvalue weighted by Gasteiger charge is 2.34. The molecule has 1 atom stereocenters. The zero-order valence-corrected chi connectivity index (χ0v) is 13.5. The molecule has 18 heavy (non-hydrogen) atoms. The Hall–Kier alpha value is 0.1000. The van der Waals surface area contributed by atoms with Crippen LogP contribution >= 0.6 is 35.1 Å². The van der Waals surface area contributed by atoms with Crippen molar-refractivity contribution in [2.24, 2.45) is 5.73 Å². The van der Waals surface area contributed by atoms with Gasteiger partial charge in [-0.05, 0) is 47.5 Å². The molecule has 0 saturated heterocycles. The summed E-state index contributed by atoms with van der Waals surface area (Å²) < 4.78 is 23.6. The third-order valence-electron chi connectivity index (χ3n) is 2.24. The second-order valence-corrected chi connectivity index (χ2v) is 6.91. The minimum absolute atomic E-state index is 0.278. The van der Waals surface area contributed by atoms with Crippen molar-refractivity contribution in [1.82, 2.24) is 0 Å². The van der Waals surface area contributed by atoms with Crippen molar-refractivity contribution in [1.29, 1.82) is 0 Å². The van der Waals surface area contributed by atoms with Gasteiger partial charge < -0.3 is 14.8 Å². The van der Waals surface area contributed by atoms with Crippen LogP contribution in [0.1, 0.15) is 25.2 Å². The van der Waals surface area contributed by atoms with Gasteiger partial charge in [0.25, 0.3) is 0 Å². The van der Waals surface area contributed by atoms with E-state index >= 15 is 0 Å². The van der Waals surface area contributed by atoms with Gasteiger partial charge in [0, 0.05) is 4.47 Å². The van der Waals surface area contributed by atoms with E-state index in [-0.39, 0.29) is 13.2 Å². The van der Waals surface area contributed by atoms with E-state index in [1.165, 1.54) is 0 Å². The molecule has 4 nitrogen and oxygen atoms in total. The Morgan fingerprint density at radius 2 is 1.94 bits per heavy atom. The molecule has 0 aliphatic rings. The molecular formula is C11H16BrClNO3P. The van der Waals surface area contributed by atoms with E-state index in [0.717, 1.165) is 0 Å². The van der Waals surface area contributed by atoms with Gasteiger partial charge in [0.2, 0.25) is 0 Å². The van der Waals surface area contributed by atoms with E-state index in [1.54, 1.807) is 32.0 Å². The predicted molar refractivity (Wildman–Crippen MR) is 76.9 cm³/mol. The van der Waals surface area contributed by atoms with Crippen molar-refractivity contribution in [2.75, 3.05) is 13.2 Å². The Morgan fingerprint density at radius 3 is 2.39 bits per heavy atom. The van der Waals surface area contributed by atoms with Crippen LogP contribution in [0.4, 0.5) is 0 Å². The SMILES string of the molecule is CCOP(=O)(OCC)[C@@H](N)c1ccc(Cl)c(Br)c1. The Kier molecular flexibility index (Phi) is 6.31. The van der Waals surface area contributed by atoms with Crippen molar-refractivity contribution in [3.8, 4) is 0 Å². The van der Waals surface area contributed by atoms with Gasteiger partial charge in [0.1, 0.15) is 5.78 Å². The van der Waals surface area contributed by atoms with Crippen molar-refractivity contribution in [3.63, 3.8) is 0 Å². The number of rotatable bonds is 6. The number of hydrogen-bond donors (Lipinski definition) is 1. The molecule has 0 heterocycles. The molecule has 0 fully saturated rings. The van der Waals surface area contributed by atoms with Gasteiger partial charge in [0.05, 0.1) is 18.2 Å². The highest BCUT2D eigenvalue weighted by Crippen LogP contribution is 2.58. The lowest BCUT2D eigenvalue weighted by atomic mass is 10.2. The number of hydrogen-bond acceptors (Lipinski definition) is 4. The molecule has 1 aromatic carbocycles. The average Bonchev–Trinajstić information content (AvgIpc) is 2.32. The fraction of sp³-hybridized carbons (Fsp3) is 0.455. The second-order valence-electron chi connectivity index (χ2n) is 3.49. The normalized spacial score (nSPS) is 13.6. The molecule has 0 bridgehead atoms. The van der Waals surface area contributed by atoms with Gasteiger partial charge in [-0.1, -0.05) is 17.7 Å². The highest BCUT2D eigenvalue weighted by molar-refractivity contribution is 9.10. The quantitative estimate of drug-likeness (QED) is 0.771. The molecule has 0 amide bonds. The summed E-state index contributed by atoms with van der Waals surface area (Å²) in [4.78, 5) is 0. The highest BCUT2D eigenvalue weighted by atomic mass is 79.9. The number of benzene rings is 1. The maximum Gasteiger partial charge on any atom is 0.351 e. The Bertz CT molecular complexity index is 448. The third kappa shape index (κ3) is 3.80. The van der Waals surface area contributed by atoms with Crippen molar-refractivity contribution >= 4 is 35.1 Å². The fourth-order valence-electron chi connectivity index (χ4n) is 1.44. The smallest absolute Gasteiger partial charge is 0.314 e. The first-order chi connectivity index (χ1) is 8.44. The third-order valence-corrected chi connectivity index (χ3v) is 5.67. The summed E-state index contributed by atoms with van der Waals surface area (Å²) in [5.74, 6) is -0.828. The molecule has 7 heteroatoms. The van der Waals surface area contributed by atoms with Crippen molar-refractivity contribution in [3.05, 3.63) is 33.3 Å². The van der Waals surface area contributed by atoms with Crippen molar-refractivity contribution < 1.29 is 13.6 Å². The van der Waals surface area contributed by atoms with Crippen LogP contribution in [-0.2, 0) is 13.6 Å². The first-order valence-corrected chi connectivity index (χ1v) is 8.32. The molecule has 0 aliphatic heterocycles. The van der Waals surface area contributed by atoms with Crippen LogP contribution in [0.3, 0.4) is 0 Å². The monoisotopic (exact) mass is 355 g/mol. The van der Waals surface area contributed by atoms with Crippen LogP contribution in [0.2, 0.25) is 5.02 Å². The van der Waals surface area contributed by atoms with Crippen LogP contribution in [0.15, 0.2) is 22.7 Å². The standard InChI is InChI=1S/C11H16BrClNO3P/c1-3-16-18(15,17-4-2)11(14)8-5-6-10(13)9(12)7-8/h5-7,11H,3-4,14H2,1-2H3/t11-/m1/s1. The average molecular weight is 357 g/mol. The first-order valence-electron chi connectivity index (χ1n) is 5.54. The zero-order chi connectivity index (χ0) is 13.8. The molecule has 0 saturated carbocycles. The van der Waals surface area contributed by atoms with Gasteiger partial charge in [0.15, 0.2) is 0 Å². The summed E-state index contributed by atoms with van der Waals surface area (Å²) in [6.07, 6.45) is 0. The second kappa shape index (κ2) is 7.04. The molecule has 1 aromatic rings. The van der Waals surface area contributed by atoms with Crippen LogP contribution < -0.4 is 5.73 Å². The topological polar surface area (TPSA) is 61.5 Å².